The first-order valence-electron chi connectivity index (χ1n) is 5.82. The number of H-pyrrole nitrogens is 1. The lowest BCUT2D eigenvalue weighted by Crippen LogP contribution is -2.51. The molecule has 1 aliphatic rings. The average Bonchev–Trinajstić information content (AvgIpc) is 2.69. The van der Waals surface area contributed by atoms with E-state index in [4.69, 9.17) is 0 Å². The Morgan fingerprint density at radius 3 is 2.82 bits per heavy atom. The van der Waals surface area contributed by atoms with Crippen LogP contribution in [-0.4, -0.2) is 31.0 Å². The fraction of sp³-hybridized carbons (Fsp3) is 0.308. The van der Waals surface area contributed by atoms with Crippen molar-refractivity contribution in [3.63, 3.8) is 0 Å². The number of rotatable bonds is 2. The summed E-state index contributed by atoms with van der Waals surface area (Å²) >= 11 is 0. The summed E-state index contributed by atoms with van der Waals surface area (Å²) < 4.78 is 0. The third-order valence-electron chi connectivity index (χ3n) is 3.39. The second kappa shape index (κ2) is 3.89. The molecule has 0 radical (unpaired) electrons. The molecule has 0 bridgehead atoms. The number of hydrogen-bond donors (Lipinski definition) is 2. The quantitative estimate of drug-likeness (QED) is 0.816. The van der Waals surface area contributed by atoms with E-state index in [-0.39, 0.29) is 11.8 Å². The summed E-state index contributed by atoms with van der Waals surface area (Å²) in [6.45, 7) is 1.59. The van der Waals surface area contributed by atoms with Crippen LogP contribution in [0.4, 0.5) is 5.69 Å². The van der Waals surface area contributed by atoms with Gasteiger partial charge >= 0.3 is 0 Å². The summed E-state index contributed by atoms with van der Waals surface area (Å²) in [5, 5.41) is 4.22. The number of hydrogen-bond acceptors (Lipinski definition) is 2. The summed E-state index contributed by atoms with van der Waals surface area (Å²) in [6.07, 6.45) is 1.90. The third-order valence-corrected chi connectivity index (χ3v) is 3.39. The number of nitrogens with zero attached hydrogens (tertiary/aromatic N) is 1. The molecule has 0 saturated carbocycles. The van der Waals surface area contributed by atoms with Gasteiger partial charge in [-0.3, -0.25) is 4.79 Å². The largest absolute Gasteiger partial charge is 0.359 e. The Morgan fingerprint density at radius 2 is 2.12 bits per heavy atom. The van der Waals surface area contributed by atoms with Gasteiger partial charge in [0.1, 0.15) is 0 Å². The van der Waals surface area contributed by atoms with Crippen molar-refractivity contribution in [1.29, 1.82) is 0 Å². The molecule has 1 aromatic carbocycles. The summed E-state index contributed by atoms with van der Waals surface area (Å²) in [5.41, 5.74) is 2.02. The minimum Gasteiger partial charge on any atom is -0.359 e. The maximum absolute atomic E-state index is 12.1. The van der Waals surface area contributed by atoms with Crippen LogP contribution in [0, 0.1) is 5.92 Å². The van der Waals surface area contributed by atoms with E-state index in [1.807, 2.05) is 37.5 Å². The Kier molecular flexibility index (Phi) is 2.37. The van der Waals surface area contributed by atoms with E-state index >= 15 is 0 Å². The number of aromatic nitrogens is 1. The molecule has 88 valence electrons. The molecule has 1 fully saturated rings. The molecule has 3 rings (SSSR count). The lowest BCUT2D eigenvalue weighted by atomic mass is 10.0. The van der Waals surface area contributed by atoms with Crippen LogP contribution >= 0.6 is 0 Å². The van der Waals surface area contributed by atoms with Gasteiger partial charge in [-0.25, -0.2) is 0 Å². The lowest BCUT2D eigenvalue weighted by Gasteiger charge is -2.30. The molecule has 1 aromatic heterocycles. The Bertz CT molecular complexity index is 557. The first-order valence-corrected chi connectivity index (χ1v) is 5.82. The van der Waals surface area contributed by atoms with E-state index < -0.39 is 0 Å². The number of para-hydroxylation sites is 1. The molecule has 1 saturated heterocycles. The zero-order chi connectivity index (χ0) is 11.8. The number of amides is 1. The highest BCUT2D eigenvalue weighted by Gasteiger charge is 2.28. The zero-order valence-corrected chi connectivity index (χ0v) is 9.73. The van der Waals surface area contributed by atoms with E-state index in [0.29, 0.717) is 0 Å². The number of aromatic amines is 1. The van der Waals surface area contributed by atoms with Gasteiger partial charge in [0.05, 0.1) is 11.6 Å². The van der Waals surface area contributed by atoms with Gasteiger partial charge in [-0.2, -0.15) is 0 Å². The predicted octanol–water partition coefficient (Wildman–Crippen LogP) is 1.35. The number of benzene rings is 1. The van der Waals surface area contributed by atoms with Crippen LogP contribution in [-0.2, 0) is 4.79 Å². The summed E-state index contributed by atoms with van der Waals surface area (Å²) in [7, 11) is 1.84. The van der Waals surface area contributed by atoms with Gasteiger partial charge < -0.3 is 15.2 Å². The summed E-state index contributed by atoms with van der Waals surface area (Å²) in [4.78, 5) is 17.1. The van der Waals surface area contributed by atoms with Gasteiger partial charge in [-0.1, -0.05) is 18.2 Å². The van der Waals surface area contributed by atoms with Crippen LogP contribution in [0.25, 0.3) is 10.9 Å². The van der Waals surface area contributed by atoms with Crippen molar-refractivity contribution in [3.05, 3.63) is 30.5 Å². The Hall–Kier alpha value is -1.81. The number of fused-ring (bicyclic) bond motifs is 1. The molecular weight excluding hydrogens is 214 g/mol. The minimum atomic E-state index is 0.133. The fourth-order valence-electron chi connectivity index (χ4n) is 2.19. The Balaban J connectivity index is 1.94. The van der Waals surface area contributed by atoms with Crippen molar-refractivity contribution in [2.45, 2.75) is 0 Å². The predicted molar refractivity (Wildman–Crippen MR) is 68.1 cm³/mol. The van der Waals surface area contributed by atoms with Crippen molar-refractivity contribution >= 4 is 22.5 Å². The molecule has 0 aliphatic carbocycles. The fourth-order valence-corrected chi connectivity index (χ4v) is 2.19. The van der Waals surface area contributed by atoms with Crippen LogP contribution in [0.2, 0.25) is 0 Å². The van der Waals surface area contributed by atoms with E-state index in [2.05, 4.69) is 10.3 Å². The van der Waals surface area contributed by atoms with Gasteiger partial charge in [-0.05, 0) is 6.07 Å². The average molecular weight is 229 g/mol. The van der Waals surface area contributed by atoms with Crippen LogP contribution in [0.1, 0.15) is 0 Å². The van der Waals surface area contributed by atoms with Gasteiger partial charge in [0, 0.05) is 37.2 Å². The van der Waals surface area contributed by atoms with Gasteiger partial charge in [0.15, 0.2) is 0 Å². The molecule has 2 N–H and O–H groups in total. The topological polar surface area (TPSA) is 48.1 Å². The highest BCUT2D eigenvalue weighted by molar-refractivity contribution is 6.04. The van der Waals surface area contributed by atoms with Crippen molar-refractivity contribution < 1.29 is 4.79 Å². The van der Waals surface area contributed by atoms with Crippen molar-refractivity contribution in [2.75, 3.05) is 25.0 Å². The number of anilines is 1. The van der Waals surface area contributed by atoms with Crippen LogP contribution in [0.15, 0.2) is 30.5 Å². The summed E-state index contributed by atoms with van der Waals surface area (Å²) in [5.74, 6) is 0.321. The Labute approximate surface area is 99.6 Å². The van der Waals surface area contributed by atoms with Gasteiger partial charge in [-0.15, -0.1) is 0 Å². The molecule has 17 heavy (non-hydrogen) atoms. The molecule has 4 heteroatoms. The van der Waals surface area contributed by atoms with E-state index in [1.54, 1.807) is 4.90 Å². The maximum Gasteiger partial charge on any atom is 0.232 e. The molecular formula is C13H15N3O. The van der Waals surface area contributed by atoms with Crippen LogP contribution in [0.3, 0.4) is 0 Å². The first kappa shape index (κ1) is 10.4. The molecule has 0 atom stereocenters. The molecule has 2 heterocycles. The number of nitrogens with one attached hydrogen (secondary N) is 2. The normalized spacial score (nSPS) is 15.8. The Morgan fingerprint density at radius 1 is 1.35 bits per heavy atom. The van der Waals surface area contributed by atoms with E-state index in [9.17, 15) is 4.79 Å². The number of carbonyl (C=O) groups excluding carboxylic acids is 1. The van der Waals surface area contributed by atoms with Crippen molar-refractivity contribution in [2.24, 2.45) is 5.92 Å². The maximum atomic E-state index is 12.1. The molecule has 0 unspecified atom stereocenters. The standard InChI is InChI=1S/C13H15N3O/c1-16(13(17)9-6-14-7-9)12-8-15-11-5-3-2-4-10(11)12/h2-5,8-9,14-15H,6-7H2,1H3. The van der Waals surface area contributed by atoms with E-state index in [1.165, 1.54) is 0 Å². The monoisotopic (exact) mass is 229 g/mol. The van der Waals surface area contributed by atoms with Gasteiger partial charge in [0.25, 0.3) is 0 Å². The minimum absolute atomic E-state index is 0.133. The summed E-state index contributed by atoms with van der Waals surface area (Å²) in [6, 6.07) is 8.02. The number of carbonyl (C=O) groups is 1. The van der Waals surface area contributed by atoms with Gasteiger partial charge in [0.2, 0.25) is 5.91 Å². The zero-order valence-electron chi connectivity index (χ0n) is 9.73. The first-order chi connectivity index (χ1) is 8.27. The SMILES string of the molecule is CN(C(=O)C1CNC1)c1c[nH]c2ccccc12. The molecule has 4 nitrogen and oxygen atoms in total. The van der Waals surface area contributed by atoms with Crippen LogP contribution < -0.4 is 10.2 Å². The smallest absolute Gasteiger partial charge is 0.232 e. The van der Waals surface area contributed by atoms with E-state index in [0.717, 1.165) is 29.7 Å². The molecule has 2 aromatic rings. The lowest BCUT2D eigenvalue weighted by molar-refractivity contribution is -0.123. The molecule has 1 amide bonds. The van der Waals surface area contributed by atoms with Crippen molar-refractivity contribution in [1.82, 2.24) is 10.3 Å². The molecule has 1 aliphatic heterocycles. The third kappa shape index (κ3) is 1.61. The highest BCUT2D eigenvalue weighted by atomic mass is 16.2. The highest BCUT2D eigenvalue weighted by Crippen LogP contribution is 2.26. The second-order valence-corrected chi connectivity index (χ2v) is 4.47. The molecule has 0 spiro atoms. The second-order valence-electron chi connectivity index (χ2n) is 4.47. The van der Waals surface area contributed by atoms with Crippen LogP contribution in [0.5, 0.6) is 0 Å². The van der Waals surface area contributed by atoms with Crippen molar-refractivity contribution in [3.8, 4) is 0 Å².